The molecule has 1 rings (SSSR count). The molecule has 0 amide bonds. The molecule has 0 aliphatic heterocycles. The highest BCUT2D eigenvalue weighted by atomic mass is 19.3. The van der Waals surface area contributed by atoms with Gasteiger partial charge in [0.15, 0.2) is 24.1 Å². The van der Waals surface area contributed by atoms with Crippen molar-refractivity contribution >= 4 is 12.6 Å². The third kappa shape index (κ3) is 2.28. The standard InChI is InChI=1S/C9H6F2O4/c10-9(11)15-8-6(4-13)5(3-12)1-2-7(8)14/h1-4,9,14H. The van der Waals surface area contributed by atoms with Crippen molar-refractivity contribution in [1.29, 1.82) is 0 Å². The molecule has 15 heavy (non-hydrogen) atoms. The number of phenolic OH excluding ortho intramolecular Hbond substituents is 1. The van der Waals surface area contributed by atoms with Crippen LogP contribution in [0.3, 0.4) is 0 Å². The zero-order valence-corrected chi connectivity index (χ0v) is 7.31. The lowest BCUT2D eigenvalue weighted by atomic mass is 10.1. The van der Waals surface area contributed by atoms with Crippen LogP contribution in [0.5, 0.6) is 11.5 Å². The number of hydrogen-bond acceptors (Lipinski definition) is 4. The molecule has 0 aromatic heterocycles. The number of rotatable bonds is 4. The topological polar surface area (TPSA) is 63.6 Å². The molecule has 0 aliphatic carbocycles. The molecule has 1 aromatic rings. The van der Waals surface area contributed by atoms with Crippen molar-refractivity contribution in [3.63, 3.8) is 0 Å². The average Bonchev–Trinajstić information content (AvgIpc) is 2.20. The molecule has 0 unspecified atom stereocenters. The number of halogens is 2. The van der Waals surface area contributed by atoms with E-state index in [0.29, 0.717) is 6.29 Å². The fraction of sp³-hybridized carbons (Fsp3) is 0.111. The molecule has 0 heterocycles. The first-order valence-corrected chi connectivity index (χ1v) is 3.81. The molecule has 0 bridgehead atoms. The van der Waals surface area contributed by atoms with E-state index in [2.05, 4.69) is 4.74 Å². The van der Waals surface area contributed by atoms with Gasteiger partial charge in [0.2, 0.25) is 0 Å². The summed E-state index contributed by atoms with van der Waals surface area (Å²) in [4.78, 5) is 21.0. The van der Waals surface area contributed by atoms with Gasteiger partial charge in [-0.05, 0) is 12.1 Å². The monoisotopic (exact) mass is 216 g/mol. The summed E-state index contributed by atoms with van der Waals surface area (Å²) in [6.45, 7) is -3.18. The Morgan fingerprint density at radius 2 is 1.93 bits per heavy atom. The summed E-state index contributed by atoms with van der Waals surface area (Å²) < 4.78 is 27.8. The van der Waals surface area contributed by atoms with Gasteiger partial charge in [0.1, 0.15) is 0 Å². The van der Waals surface area contributed by atoms with Crippen LogP contribution in [-0.2, 0) is 0 Å². The number of benzene rings is 1. The second-order valence-corrected chi connectivity index (χ2v) is 2.53. The van der Waals surface area contributed by atoms with E-state index in [9.17, 15) is 18.4 Å². The van der Waals surface area contributed by atoms with Crippen LogP contribution in [0.1, 0.15) is 20.7 Å². The van der Waals surface area contributed by atoms with Gasteiger partial charge in [0, 0.05) is 5.56 Å². The summed E-state index contributed by atoms with van der Waals surface area (Å²) in [7, 11) is 0. The maximum atomic E-state index is 11.9. The first kappa shape index (κ1) is 11.1. The predicted molar refractivity (Wildman–Crippen MR) is 45.5 cm³/mol. The van der Waals surface area contributed by atoms with Gasteiger partial charge in [-0.1, -0.05) is 0 Å². The van der Waals surface area contributed by atoms with E-state index in [1.165, 1.54) is 0 Å². The molecule has 1 aromatic carbocycles. The minimum Gasteiger partial charge on any atom is -0.504 e. The van der Waals surface area contributed by atoms with E-state index >= 15 is 0 Å². The summed E-state index contributed by atoms with van der Waals surface area (Å²) in [5.74, 6) is -1.31. The highest BCUT2D eigenvalue weighted by molar-refractivity contribution is 5.94. The Hall–Kier alpha value is -1.98. The van der Waals surface area contributed by atoms with Crippen molar-refractivity contribution in [2.75, 3.05) is 0 Å². The zero-order valence-electron chi connectivity index (χ0n) is 7.31. The van der Waals surface area contributed by atoms with Crippen molar-refractivity contribution in [3.8, 4) is 11.5 Å². The second kappa shape index (κ2) is 4.50. The quantitative estimate of drug-likeness (QED) is 0.776. The molecule has 0 aliphatic rings. The smallest absolute Gasteiger partial charge is 0.387 e. The van der Waals surface area contributed by atoms with Crippen LogP contribution in [0.15, 0.2) is 12.1 Å². The van der Waals surface area contributed by atoms with Crippen LogP contribution in [0, 0.1) is 0 Å². The van der Waals surface area contributed by atoms with Gasteiger partial charge in [-0.25, -0.2) is 0 Å². The van der Waals surface area contributed by atoms with Gasteiger partial charge in [-0.15, -0.1) is 0 Å². The first-order chi connectivity index (χ1) is 7.10. The second-order valence-electron chi connectivity index (χ2n) is 2.53. The number of phenols is 1. The molecule has 0 saturated heterocycles. The Morgan fingerprint density at radius 1 is 1.27 bits per heavy atom. The van der Waals surface area contributed by atoms with E-state index < -0.39 is 23.7 Å². The summed E-state index contributed by atoms with van der Waals surface area (Å²) in [6, 6.07) is 2.12. The molecule has 1 N–H and O–H groups in total. The Balaban J connectivity index is 3.31. The number of aldehydes is 2. The van der Waals surface area contributed by atoms with E-state index in [1.807, 2.05) is 0 Å². The SMILES string of the molecule is O=Cc1ccc(O)c(OC(F)F)c1C=O. The molecular weight excluding hydrogens is 210 g/mol. The largest absolute Gasteiger partial charge is 0.504 e. The third-order valence-electron chi connectivity index (χ3n) is 1.66. The van der Waals surface area contributed by atoms with Crippen LogP contribution in [-0.4, -0.2) is 24.3 Å². The number of ether oxygens (including phenoxy) is 1. The lowest BCUT2D eigenvalue weighted by Crippen LogP contribution is -2.06. The number of hydrogen-bond donors (Lipinski definition) is 1. The fourth-order valence-corrected chi connectivity index (χ4v) is 1.04. The minimum absolute atomic E-state index is 0.126. The molecule has 0 radical (unpaired) electrons. The average molecular weight is 216 g/mol. The number of aromatic hydroxyl groups is 1. The lowest BCUT2D eigenvalue weighted by molar-refractivity contribution is -0.0515. The third-order valence-corrected chi connectivity index (χ3v) is 1.66. The molecule has 4 nitrogen and oxygen atoms in total. The van der Waals surface area contributed by atoms with Crippen molar-refractivity contribution < 1.29 is 28.2 Å². The predicted octanol–water partition coefficient (Wildman–Crippen LogP) is 1.62. The van der Waals surface area contributed by atoms with Gasteiger partial charge in [0.05, 0.1) is 5.56 Å². The lowest BCUT2D eigenvalue weighted by Gasteiger charge is -2.09. The Kier molecular flexibility index (Phi) is 3.33. The van der Waals surface area contributed by atoms with Gasteiger partial charge in [0.25, 0.3) is 0 Å². The van der Waals surface area contributed by atoms with Crippen molar-refractivity contribution in [2.45, 2.75) is 6.61 Å². The number of alkyl halides is 2. The summed E-state index contributed by atoms with van der Waals surface area (Å²) >= 11 is 0. The molecular formula is C9H6F2O4. The highest BCUT2D eigenvalue weighted by Gasteiger charge is 2.17. The van der Waals surface area contributed by atoms with Crippen LogP contribution < -0.4 is 4.74 Å². The fourth-order valence-electron chi connectivity index (χ4n) is 1.04. The summed E-state index contributed by atoms with van der Waals surface area (Å²) in [5.41, 5.74) is -0.524. The number of carbonyl (C=O) groups is 2. The first-order valence-electron chi connectivity index (χ1n) is 3.81. The molecule has 0 spiro atoms. The molecule has 0 saturated carbocycles. The normalized spacial score (nSPS) is 10.1. The molecule has 0 atom stereocenters. The highest BCUT2D eigenvalue weighted by Crippen LogP contribution is 2.32. The number of carbonyl (C=O) groups excluding carboxylic acids is 2. The van der Waals surface area contributed by atoms with Gasteiger partial charge < -0.3 is 9.84 Å². The minimum atomic E-state index is -3.18. The maximum Gasteiger partial charge on any atom is 0.387 e. The van der Waals surface area contributed by atoms with Gasteiger partial charge >= 0.3 is 6.61 Å². The molecule has 80 valence electrons. The molecule has 0 fully saturated rings. The summed E-state index contributed by atoms with van der Waals surface area (Å²) in [6.07, 6.45) is 0.475. The van der Waals surface area contributed by atoms with E-state index in [-0.39, 0.29) is 11.8 Å². The van der Waals surface area contributed by atoms with Crippen LogP contribution in [0.25, 0.3) is 0 Å². The van der Waals surface area contributed by atoms with Gasteiger partial charge in [-0.3, -0.25) is 9.59 Å². The van der Waals surface area contributed by atoms with Crippen molar-refractivity contribution in [3.05, 3.63) is 23.3 Å². The van der Waals surface area contributed by atoms with Crippen molar-refractivity contribution in [2.24, 2.45) is 0 Å². The van der Waals surface area contributed by atoms with Crippen LogP contribution in [0.4, 0.5) is 8.78 Å². The van der Waals surface area contributed by atoms with Crippen LogP contribution >= 0.6 is 0 Å². The Labute approximate surface area is 83.1 Å². The van der Waals surface area contributed by atoms with E-state index in [1.54, 1.807) is 0 Å². The van der Waals surface area contributed by atoms with Gasteiger partial charge in [-0.2, -0.15) is 8.78 Å². The Morgan fingerprint density at radius 3 is 2.40 bits per heavy atom. The van der Waals surface area contributed by atoms with Crippen molar-refractivity contribution in [1.82, 2.24) is 0 Å². The van der Waals surface area contributed by atoms with Crippen LogP contribution in [0.2, 0.25) is 0 Å². The zero-order chi connectivity index (χ0) is 11.4. The van der Waals surface area contributed by atoms with E-state index in [0.717, 1.165) is 12.1 Å². The maximum absolute atomic E-state index is 11.9. The summed E-state index contributed by atoms with van der Waals surface area (Å²) in [5, 5.41) is 9.16. The molecule has 6 heteroatoms. The Bertz CT molecular complexity index is 390. The van der Waals surface area contributed by atoms with E-state index in [4.69, 9.17) is 5.11 Å².